The molecular formula is C25H27N5O3. The van der Waals surface area contributed by atoms with Crippen LogP contribution in [-0.2, 0) is 33.1 Å². The van der Waals surface area contributed by atoms with E-state index in [1.165, 1.54) is 6.33 Å². The highest BCUT2D eigenvalue weighted by atomic mass is 16.6. The van der Waals surface area contributed by atoms with Crippen LogP contribution in [0.15, 0.2) is 73.3 Å². The topological polar surface area (TPSA) is 97.3 Å². The highest BCUT2D eigenvalue weighted by Gasteiger charge is 2.54. The highest BCUT2D eigenvalue weighted by Crippen LogP contribution is 2.40. The van der Waals surface area contributed by atoms with Gasteiger partial charge < -0.3 is 19.9 Å². The van der Waals surface area contributed by atoms with E-state index in [2.05, 4.69) is 21.9 Å². The minimum atomic E-state index is -0.971. The van der Waals surface area contributed by atoms with E-state index in [0.717, 1.165) is 17.5 Å². The molecule has 1 fully saturated rings. The molecule has 4 aromatic rings. The number of hydrogen-bond acceptors (Lipinski definition) is 7. The van der Waals surface area contributed by atoms with Crippen molar-refractivity contribution in [2.75, 3.05) is 12.3 Å². The SMILES string of the molecule is CCC1OCC(OCc2ccccc2)(n2cnc3c(N)ncnc32)C1OCc1ccccc1. The molecule has 2 aromatic heterocycles. The maximum Gasteiger partial charge on any atom is 0.200 e. The summed E-state index contributed by atoms with van der Waals surface area (Å²) in [7, 11) is 0. The standard InChI is InChI=1S/C25H27N5O3/c1-2-20-22(31-13-18-9-5-3-6-10-18)25(15-32-20,33-14-19-11-7-4-8-12-19)30-17-29-21-23(26)27-16-28-24(21)30/h3-12,16-17,20,22H,2,13-15H2,1H3,(H2,26,27,28). The van der Waals surface area contributed by atoms with Crippen molar-refractivity contribution >= 4 is 17.0 Å². The van der Waals surface area contributed by atoms with Crippen molar-refractivity contribution in [1.82, 2.24) is 19.5 Å². The van der Waals surface area contributed by atoms with Crippen LogP contribution < -0.4 is 5.73 Å². The van der Waals surface area contributed by atoms with Crippen molar-refractivity contribution in [3.05, 3.63) is 84.4 Å². The second kappa shape index (κ2) is 9.27. The third-order valence-corrected chi connectivity index (χ3v) is 6.06. The van der Waals surface area contributed by atoms with Gasteiger partial charge in [0.1, 0.15) is 17.9 Å². The molecule has 0 radical (unpaired) electrons. The quantitative estimate of drug-likeness (QED) is 0.442. The van der Waals surface area contributed by atoms with E-state index in [-0.39, 0.29) is 12.2 Å². The zero-order valence-corrected chi connectivity index (χ0v) is 18.5. The number of anilines is 1. The summed E-state index contributed by atoms with van der Waals surface area (Å²) in [5, 5.41) is 0. The number of imidazole rings is 1. The number of aromatic nitrogens is 4. The molecule has 3 atom stereocenters. The van der Waals surface area contributed by atoms with Crippen LogP contribution in [0.25, 0.3) is 11.2 Å². The molecule has 1 aliphatic rings. The molecule has 170 valence electrons. The van der Waals surface area contributed by atoms with Gasteiger partial charge in [-0.3, -0.25) is 4.57 Å². The first-order valence-corrected chi connectivity index (χ1v) is 11.1. The van der Waals surface area contributed by atoms with Crippen molar-refractivity contribution in [2.45, 2.75) is 44.5 Å². The van der Waals surface area contributed by atoms with E-state index in [0.29, 0.717) is 36.8 Å². The lowest BCUT2D eigenvalue weighted by Crippen LogP contribution is -2.49. The lowest BCUT2D eigenvalue weighted by molar-refractivity contribution is -0.185. The van der Waals surface area contributed by atoms with Crippen LogP contribution in [-0.4, -0.2) is 38.3 Å². The molecule has 3 heterocycles. The molecule has 0 amide bonds. The number of nitrogens with two attached hydrogens (primary N) is 1. The van der Waals surface area contributed by atoms with Gasteiger partial charge in [-0.1, -0.05) is 67.6 Å². The Morgan fingerprint density at radius 1 is 1.00 bits per heavy atom. The molecule has 0 spiro atoms. The second-order valence-corrected chi connectivity index (χ2v) is 8.14. The molecule has 2 aromatic carbocycles. The fourth-order valence-corrected chi connectivity index (χ4v) is 4.33. The first-order valence-electron chi connectivity index (χ1n) is 11.1. The predicted molar refractivity (Wildman–Crippen MR) is 124 cm³/mol. The van der Waals surface area contributed by atoms with Crippen molar-refractivity contribution < 1.29 is 14.2 Å². The summed E-state index contributed by atoms with van der Waals surface area (Å²) >= 11 is 0. The Balaban J connectivity index is 1.55. The molecular weight excluding hydrogens is 418 g/mol. The average molecular weight is 446 g/mol. The number of fused-ring (bicyclic) bond motifs is 1. The second-order valence-electron chi connectivity index (χ2n) is 8.14. The van der Waals surface area contributed by atoms with Gasteiger partial charge in [-0.05, 0) is 17.5 Å². The maximum absolute atomic E-state index is 6.67. The van der Waals surface area contributed by atoms with Gasteiger partial charge >= 0.3 is 0 Å². The third-order valence-electron chi connectivity index (χ3n) is 6.06. The Morgan fingerprint density at radius 3 is 2.39 bits per heavy atom. The van der Waals surface area contributed by atoms with Crippen LogP contribution in [0.3, 0.4) is 0 Å². The summed E-state index contributed by atoms with van der Waals surface area (Å²) < 4.78 is 21.3. The smallest absolute Gasteiger partial charge is 0.200 e. The summed E-state index contributed by atoms with van der Waals surface area (Å²) in [5.74, 6) is 0.324. The van der Waals surface area contributed by atoms with Crippen molar-refractivity contribution in [2.24, 2.45) is 0 Å². The Morgan fingerprint density at radius 2 is 1.70 bits per heavy atom. The zero-order valence-electron chi connectivity index (χ0n) is 18.5. The molecule has 0 aliphatic carbocycles. The van der Waals surface area contributed by atoms with Gasteiger partial charge in [0, 0.05) is 0 Å². The van der Waals surface area contributed by atoms with Crippen LogP contribution in [0.1, 0.15) is 24.5 Å². The van der Waals surface area contributed by atoms with Crippen molar-refractivity contribution in [1.29, 1.82) is 0 Å². The van der Waals surface area contributed by atoms with E-state index in [9.17, 15) is 0 Å². The summed E-state index contributed by atoms with van der Waals surface area (Å²) in [4.78, 5) is 13.0. The molecule has 8 heteroatoms. The Bertz CT molecular complexity index is 1200. The fourth-order valence-electron chi connectivity index (χ4n) is 4.33. The van der Waals surface area contributed by atoms with Crippen molar-refractivity contribution in [3.63, 3.8) is 0 Å². The normalized spacial score (nSPS) is 22.7. The van der Waals surface area contributed by atoms with E-state index in [1.54, 1.807) is 6.33 Å². The van der Waals surface area contributed by atoms with Gasteiger partial charge in [-0.25, -0.2) is 15.0 Å². The summed E-state index contributed by atoms with van der Waals surface area (Å²) in [6.07, 6.45) is 3.37. The minimum absolute atomic E-state index is 0.152. The van der Waals surface area contributed by atoms with Gasteiger partial charge in [-0.2, -0.15) is 0 Å². The van der Waals surface area contributed by atoms with Crippen LogP contribution in [0.5, 0.6) is 0 Å². The molecule has 0 bridgehead atoms. The van der Waals surface area contributed by atoms with Gasteiger partial charge in [0.2, 0.25) is 0 Å². The highest BCUT2D eigenvalue weighted by molar-refractivity contribution is 5.81. The fraction of sp³-hybridized carbons (Fsp3) is 0.320. The lowest BCUT2D eigenvalue weighted by atomic mass is 10.0. The van der Waals surface area contributed by atoms with Crippen LogP contribution in [0.2, 0.25) is 0 Å². The number of ether oxygens (including phenoxy) is 3. The molecule has 33 heavy (non-hydrogen) atoms. The molecule has 1 aliphatic heterocycles. The van der Waals surface area contributed by atoms with Gasteiger partial charge in [-0.15, -0.1) is 0 Å². The van der Waals surface area contributed by atoms with Gasteiger partial charge in [0.15, 0.2) is 17.2 Å². The summed E-state index contributed by atoms with van der Waals surface area (Å²) in [6, 6.07) is 20.1. The summed E-state index contributed by atoms with van der Waals surface area (Å²) in [5.41, 5.74) is 8.35. The molecule has 3 unspecified atom stereocenters. The molecule has 8 nitrogen and oxygen atoms in total. The van der Waals surface area contributed by atoms with Gasteiger partial charge in [0.25, 0.3) is 0 Å². The van der Waals surface area contributed by atoms with Crippen molar-refractivity contribution in [3.8, 4) is 0 Å². The van der Waals surface area contributed by atoms with E-state index < -0.39 is 5.72 Å². The number of rotatable bonds is 8. The van der Waals surface area contributed by atoms with Crippen LogP contribution >= 0.6 is 0 Å². The molecule has 0 saturated carbocycles. The maximum atomic E-state index is 6.67. The number of nitrogen functional groups attached to an aromatic ring is 1. The third kappa shape index (κ3) is 4.08. The first kappa shape index (κ1) is 21.5. The zero-order chi connectivity index (χ0) is 22.7. The molecule has 2 N–H and O–H groups in total. The van der Waals surface area contributed by atoms with E-state index >= 15 is 0 Å². The number of hydrogen-bond donors (Lipinski definition) is 1. The Kier molecular flexibility index (Phi) is 6.04. The lowest BCUT2D eigenvalue weighted by Gasteiger charge is -2.36. The Hall–Kier alpha value is -3.33. The largest absolute Gasteiger partial charge is 0.382 e. The average Bonchev–Trinajstić information content (AvgIpc) is 3.45. The minimum Gasteiger partial charge on any atom is -0.382 e. The molecule has 5 rings (SSSR count). The van der Waals surface area contributed by atoms with Crippen LogP contribution in [0.4, 0.5) is 5.82 Å². The first-order chi connectivity index (χ1) is 16.2. The number of nitrogens with zero attached hydrogens (tertiary/aromatic N) is 4. The Labute approximate surface area is 192 Å². The molecule has 1 saturated heterocycles. The number of benzene rings is 2. The van der Waals surface area contributed by atoms with E-state index in [4.69, 9.17) is 19.9 Å². The van der Waals surface area contributed by atoms with E-state index in [1.807, 2.05) is 65.2 Å². The van der Waals surface area contributed by atoms with Crippen LogP contribution in [0, 0.1) is 0 Å². The summed E-state index contributed by atoms with van der Waals surface area (Å²) in [6.45, 7) is 3.20. The predicted octanol–water partition coefficient (Wildman–Crippen LogP) is 3.67. The van der Waals surface area contributed by atoms with Gasteiger partial charge in [0.05, 0.1) is 32.3 Å². The monoisotopic (exact) mass is 445 g/mol.